The van der Waals surface area contributed by atoms with Crippen molar-refractivity contribution in [3.63, 3.8) is 0 Å². The van der Waals surface area contributed by atoms with E-state index in [-0.39, 0.29) is 11.8 Å². The third-order valence-corrected chi connectivity index (χ3v) is 6.02. The predicted molar refractivity (Wildman–Crippen MR) is 121 cm³/mol. The maximum absolute atomic E-state index is 13.5. The topological polar surface area (TPSA) is 59.1 Å². The van der Waals surface area contributed by atoms with Crippen LogP contribution in [0.4, 0.5) is 0 Å². The number of piperidine rings is 1. The van der Waals surface area contributed by atoms with Crippen LogP contribution in [-0.4, -0.2) is 61.6 Å². The number of imide groups is 1. The van der Waals surface area contributed by atoms with Gasteiger partial charge in [-0.15, -0.1) is 0 Å². The summed E-state index contributed by atoms with van der Waals surface area (Å²) in [6.45, 7) is 9.74. The first-order valence-corrected chi connectivity index (χ1v) is 11.5. The molecule has 0 aliphatic carbocycles. The highest BCUT2D eigenvalue weighted by Crippen LogP contribution is 2.38. The highest BCUT2D eigenvalue weighted by Gasteiger charge is 2.43. The molecule has 0 N–H and O–H groups in total. The van der Waals surface area contributed by atoms with Crippen LogP contribution >= 0.6 is 0 Å². The molecule has 6 heteroatoms. The number of para-hydroxylation sites is 1. The average molecular weight is 429 g/mol. The van der Waals surface area contributed by atoms with Crippen LogP contribution in [0.2, 0.25) is 0 Å². The molecular formula is C25H36N2O4. The Hall–Kier alpha value is -2.34. The molecule has 2 amide bonds. The van der Waals surface area contributed by atoms with Crippen LogP contribution in [0.3, 0.4) is 0 Å². The maximum Gasteiger partial charge on any atom is 0.277 e. The molecule has 0 bridgehead atoms. The number of likely N-dealkylation sites (tertiary alicyclic amines) is 1. The van der Waals surface area contributed by atoms with Gasteiger partial charge < -0.3 is 14.4 Å². The smallest absolute Gasteiger partial charge is 0.277 e. The molecule has 170 valence electrons. The van der Waals surface area contributed by atoms with Gasteiger partial charge in [-0.1, -0.05) is 45.4 Å². The van der Waals surface area contributed by atoms with Crippen LogP contribution in [0.15, 0.2) is 30.0 Å². The molecule has 0 spiro atoms. The molecule has 1 aromatic carbocycles. The molecule has 2 heterocycles. The largest absolute Gasteiger partial charge is 0.496 e. The van der Waals surface area contributed by atoms with Gasteiger partial charge >= 0.3 is 0 Å². The average Bonchev–Trinajstić information content (AvgIpc) is 2.99. The van der Waals surface area contributed by atoms with Gasteiger partial charge in [0.25, 0.3) is 11.8 Å². The zero-order valence-corrected chi connectivity index (χ0v) is 19.4. The van der Waals surface area contributed by atoms with Gasteiger partial charge in [-0.05, 0) is 37.2 Å². The Kier molecular flexibility index (Phi) is 8.13. The summed E-state index contributed by atoms with van der Waals surface area (Å²) in [5.41, 5.74) is 1.68. The number of unbranched alkanes of at least 4 members (excludes halogenated alkanes) is 1. The van der Waals surface area contributed by atoms with E-state index in [4.69, 9.17) is 9.47 Å². The van der Waals surface area contributed by atoms with Crippen molar-refractivity contribution in [1.29, 1.82) is 0 Å². The van der Waals surface area contributed by atoms with Crippen LogP contribution in [0.1, 0.15) is 52.0 Å². The summed E-state index contributed by atoms with van der Waals surface area (Å²) >= 11 is 0. The van der Waals surface area contributed by atoms with Crippen LogP contribution in [0.25, 0.3) is 5.57 Å². The first-order valence-electron chi connectivity index (χ1n) is 11.5. The molecule has 2 atom stereocenters. The standard InChI is InChI=1S/C25H36N2O4/c1-5-6-13-31-14-9-12-27-24(28)22(20-10-7-8-11-21(20)30-4)23(25(27)29)26-16-18(2)15-19(3)17-26/h7-8,10-11,18-19H,5-6,9,12-17H2,1-4H3. The molecule has 1 saturated heterocycles. The number of carbonyl (C=O) groups excluding carboxylic acids is 2. The fourth-order valence-electron chi connectivity index (χ4n) is 4.67. The van der Waals surface area contributed by atoms with Crippen LogP contribution in [0, 0.1) is 11.8 Å². The summed E-state index contributed by atoms with van der Waals surface area (Å²) in [5.74, 6) is 1.13. The Morgan fingerprint density at radius 1 is 1.00 bits per heavy atom. The van der Waals surface area contributed by atoms with Crippen molar-refractivity contribution < 1.29 is 19.1 Å². The first kappa shape index (κ1) is 23.3. The molecule has 0 radical (unpaired) electrons. The Labute approximate surface area is 186 Å². The second kappa shape index (κ2) is 10.8. The van der Waals surface area contributed by atoms with E-state index >= 15 is 0 Å². The molecule has 6 nitrogen and oxygen atoms in total. The number of rotatable bonds is 10. The zero-order chi connectivity index (χ0) is 22.4. The lowest BCUT2D eigenvalue weighted by molar-refractivity contribution is -0.137. The predicted octanol–water partition coefficient (Wildman–Crippen LogP) is 3.96. The van der Waals surface area contributed by atoms with Gasteiger partial charge in [0.2, 0.25) is 0 Å². The minimum atomic E-state index is -0.232. The van der Waals surface area contributed by atoms with Gasteiger partial charge in [-0.25, -0.2) is 0 Å². The minimum absolute atomic E-state index is 0.194. The monoisotopic (exact) mass is 428 g/mol. The van der Waals surface area contributed by atoms with E-state index in [1.807, 2.05) is 24.3 Å². The number of carbonyl (C=O) groups is 2. The third kappa shape index (κ3) is 5.29. The summed E-state index contributed by atoms with van der Waals surface area (Å²) in [4.78, 5) is 30.5. The van der Waals surface area contributed by atoms with Crippen molar-refractivity contribution in [3.8, 4) is 5.75 Å². The van der Waals surface area contributed by atoms with E-state index in [0.717, 1.165) is 39.0 Å². The van der Waals surface area contributed by atoms with E-state index in [1.54, 1.807) is 7.11 Å². The number of hydrogen-bond donors (Lipinski definition) is 0. The normalized spacial score (nSPS) is 21.9. The summed E-state index contributed by atoms with van der Waals surface area (Å²) in [5, 5.41) is 0. The van der Waals surface area contributed by atoms with E-state index in [9.17, 15) is 9.59 Å². The van der Waals surface area contributed by atoms with Crippen molar-refractivity contribution in [2.45, 2.75) is 46.5 Å². The number of methoxy groups -OCH3 is 1. The van der Waals surface area contributed by atoms with E-state index in [1.165, 1.54) is 4.90 Å². The molecular weight excluding hydrogens is 392 g/mol. The van der Waals surface area contributed by atoms with E-state index in [2.05, 4.69) is 25.7 Å². The van der Waals surface area contributed by atoms with Crippen LogP contribution in [0.5, 0.6) is 5.75 Å². The molecule has 2 aliphatic heterocycles. The molecule has 0 saturated carbocycles. The van der Waals surface area contributed by atoms with Crippen LogP contribution < -0.4 is 4.74 Å². The molecule has 1 aromatic rings. The molecule has 3 rings (SSSR count). The molecule has 2 unspecified atom stereocenters. The van der Waals surface area contributed by atoms with Gasteiger partial charge in [0, 0.05) is 38.4 Å². The summed E-state index contributed by atoms with van der Waals surface area (Å²) in [6, 6.07) is 7.46. The van der Waals surface area contributed by atoms with Crippen molar-refractivity contribution in [2.75, 3.05) is 40.0 Å². The second-order valence-electron chi connectivity index (χ2n) is 8.86. The highest BCUT2D eigenvalue weighted by atomic mass is 16.5. The Bertz CT molecular complexity index is 809. The fourth-order valence-corrected chi connectivity index (χ4v) is 4.67. The molecule has 1 fully saturated rings. The van der Waals surface area contributed by atoms with E-state index < -0.39 is 0 Å². The van der Waals surface area contributed by atoms with Crippen molar-refractivity contribution in [3.05, 3.63) is 35.5 Å². The molecule has 2 aliphatic rings. The van der Waals surface area contributed by atoms with E-state index in [0.29, 0.717) is 54.0 Å². The SMILES string of the molecule is CCCCOCCCN1C(=O)C(c2ccccc2OC)=C(N2CC(C)CC(C)C2)C1=O. The lowest BCUT2D eigenvalue weighted by Gasteiger charge is -2.37. The summed E-state index contributed by atoms with van der Waals surface area (Å²) < 4.78 is 11.2. The highest BCUT2D eigenvalue weighted by molar-refractivity contribution is 6.36. The Balaban J connectivity index is 1.88. The van der Waals surface area contributed by atoms with Gasteiger partial charge in [0.05, 0.1) is 12.7 Å². The number of hydrogen-bond acceptors (Lipinski definition) is 5. The zero-order valence-electron chi connectivity index (χ0n) is 19.4. The van der Waals surface area contributed by atoms with Gasteiger partial charge in [-0.2, -0.15) is 0 Å². The van der Waals surface area contributed by atoms with Crippen molar-refractivity contribution in [1.82, 2.24) is 9.80 Å². The fraction of sp³-hybridized carbons (Fsp3) is 0.600. The number of benzene rings is 1. The van der Waals surface area contributed by atoms with Crippen molar-refractivity contribution in [2.24, 2.45) is 11.8 Å². The first-order chi connectivity index (χ1) is 15.0. The lowest BCUT2D eigenvalue weighted by atomic mass is 9.91. The lowest BCUT2D eigenvalue weighted by Crippen LogP contribution is -2.42. The number of ether oxygens (including phenoxy) is 2. The number of amides is 2. The quantitative estimate of drug-likeness (QED) is 0.417. The Morgan fingerprint density at radius 3 is 2.35 bits per heavy atom. The van der Waals surface area contributed by atoms with Gasteiger partial charge in [0.1, 0.15) is 11.4 Å². The van der Waals surface area contributed by atoms with Crippen LogP contribution in [-0.2, 0) is 14.3 Å². The van der Waals surface area contributed by atoms with Gasteiger partial charge in [0.15, 0.2) is 0 Å². The Morgan fingerprint density at radius 2 is 1.68 bits per heavy atom. The summed E-state index contributed by atoms with van der Waals surface area (Å²) in [6.07, 6.45) is 3.89. The summed E-state index contributed by atoms with van der Waals surface area (Å²) in [7, 11) is 1.59. The number of nitrogens with zero attached hydrogens (tertiary/aromatic N) is 2. The van der Waals surface area contributed by atoms with Gasteiger partial charge in [-0.3, -0.25) is 14.5 Å². The molecule has 31 heavy (non-hydrogen) atoms. The molecule has 0 aromatic heterocycles. The van der Waals surface area contributed by atoms with Crippen molar-refractivity contribution >= 4 is 17.4 Å². The minimum Gasteiger partial charge on any atom is -0.496 e. The third-order valence-electron chi connectivity index (χ3n) is 6.02. The maximum atomic E-state index is 13.5. The second-order valence-corrected chi connectivity index (χ2v) is 8.86.